The maximum absolute atomic E-state index is 13.1. The van der Waals surface area contributed by atoms with Crippen molar-refractivity contribution in [3.63, 3.8) is 0 Å². The van der Waals surface area contributed by atoms with Crippen LogP contribution in [0.5, 0.6) is 5.75 Å². The van der Waals surface area contributed by atoms with Crippen LogP contribution in [0.4, 0.5) is 0 Å². The number of ether oxygens (including phenoxy) is 1. The van der Waals surface area contributed by atoms with E-state index in [2.05, 4.69) is 32.2 Å². The number of amides is 1. The first-order chi connectivity index (χ1) is 14.3. The topological polar surface area (TPSA) is 74.0 Å². The zero-order valence-corrected chi connectivity index (χ0v) is 18.3. The zero-order chi connectivity index (χ0) is 21.6. The van der Waals surface area contributed by atoms with Gasteiger partial charge in [-0.2, -0.15) is 5.10 Å². The number of pyridine rings is 1. The summed E-state index contributed by atoms with van der Waals surface area (Å²) in [6, 6.07) is 7.86. The number of hydrogen-bond acceptors (Lipinski definition) is 4. The van der Waals surface area contributed by atoms with Gasteiger partial charge < -0.3 is 14.6 Å². The standard InChI is InChI=1S/C23H27N5O2/c1-13(9-16-12-27(4)20-8-7-17(30-6)11-18(16)20)25-23(29)19-10-14(2)24-22-21(19)15(3)26-28(22)5/h7-8,10-13H,9H2,1-6H3,(H,25,29)/t13-/m0/s1. The summed E-state index contributed by atoms with van der Waals surface area (Å²) in [5.74, 6) is 0.722. The van der Waals surface area contributed by atoms with Crippen molar-refractivity contribution in [3.8, 4) is 5.75 Å². The highest BCUT2D eigenvalue weighted by molar-refractivity contribution is 6.06. The van der Waals surface area contributed by atoms with E-state index in [1.807, 2.05) is 53.1 Å². The van der Waals surface area contributed by atoms with E-state index in [4.69, 9.17) is 4.74 Å². The number of aryl methyl sites for hydroxylation is 4. The smallest absolute Gasteiger partial charge is 0.252 e. The number of hydrogen-bond donors (Lipinski definition) is 1. The number of methoxy groups -OCH3 is 1. The minimum absolute atomic E-state index is 0.0465. The lowest BCUT2D eigenvalue weighted by atomic mass is 10.0. The van der Waals surface area contributed by atoms with Crippen LogP contribution in [0.2, 0.25) is 0 Å². The molecule has 0 aliphatic carbocycles. The van der Waals surface area contributed by atoms with Gasteiger partial charge in [0.15, 0.2) is 5.65 Å². The highest BCUT2D eigenvalue weighted by atomic mass is 16.5. The van der Waals surface area contributed by atoms with Crippen LogP contribution in [-0.4, -0.2) is 38.4 Å². The maximum Gasteiger partial charge on any atom is 0.252 e. The molecule has 1 atom stereocenters. The lowest BCUT2D eigenvalue weighted by Crippen LogP contribution is -2.34. The second-order valence-corrected chi connectivity index (χ2v) is 7.95. The van der Waals surface area contributed by atoms with Crippen LogP contribution >= 0.6 is 0 Å². The van der Waals surface area contributed by atoms with Crippen LogP contribution in [0.25, 0.3) is 21.9 Å². The number of rotatable bonds is 5. The molecule has 1 aromatic carbocycles. The second kappa shape index (κ2) is 7.48. The van der Waals surface area contributed by atoms with Crippen molar-refractivity contribution in [2.45, 2.75) is 33.2 Å². The Kier molecular flexibility index (Phi) is 4.97. The van der Waals surface area contributed by atoms with E-state index in [0.717, 1.165) is 45.5 Å². The van der Waals surface area contributed by atoms with E-state index >= 15 is 0 Å². The molecule has 4 rings (SSSR count). The van der Waals surface area contributed by atoms with Gasteiger partial charge in [0.2, 0.25) is 0 Å². The molecule has 0 bridgehead atoms. The Bertz CT molecular complexity index is 1270. The van der Waals surface area contributed by atoms with Gasteiger partial charge >= 0.3 is 0 Å². The largest absolute Gasteiger partial charge is 0.497 e. The molecular weight excluding hydrogens is 378 g/mol. The fourth-order valence-corrected chi connectivity index (χ4v) is 4.17. The molecule has 0 aliphatic heterocycles. The Labute approximate surface area is 175 Å². The summed E-state index contributed by atoms with van der Waals surface area (Å²) in [5, 5.41) is 9.54. The van der Waals surface area contributed by atoms with Crippen LogP contribution in [0.15, 0.2) is 30.5 Å². The molecule has 30 heavy (non-hydrogen) atoms. The van der Waals surface area contributed by atoms with Gasteiger partial charge in [-0.1, -0.05) is 0 Å². The number of nitrogens with one attached hydrogen (secondary N) is 1. The normalized spacial score (nSPS) is 12.5. The Morgan fingerprint density at radius 2 is 2.00 bits per heavy atom. The van der Waals surface area contributed by atoms with Crippen molar-refractivity contribution in [1.29, 1.82) is 0 Å². The van der Waals surface area contributed by atoms with E-state index in [1.165, 1.54) is 5.56 Å². The summed E-state index contributed by atoms with van der Waals surface area (Å²) in [6.45, 7) is 5.83. The maximum atomic E-state index is 13.1. The second-order valence-electron chi connectivity index (χ2n) is 7.95. The molecule has 1 amide bonds. The molecule has 0 saturated carbocycles. The first-order valence-electron chi connectivity index (χ1n) is 10.0. The van der Waals surface area contributed by atoms with Crippen molar-refractivity contribution < 1.29 is 9.53 Å². The molecule has 3 heterocycles. The van der Waals surface area contributed by atoms with Crippen LogP contribution in [0.3, 0.4) is 0 Å². The van der Waals surface area contributed by atoms with Gasteiger partial charge in [0.1, 0.15) is 5.75 Å². The molecule has 0 saturated heterocycles. The average Bonchev–Trinajstić information content (AvgIpc) is 3.16. The molecule has 0 aliphatic rings. The Morgan fingerprint density at radius 3 is 2.73 bits per heavy atom. The highest BCUT2D eigenvalue weighted by Gasteiger charge is 2.20. The van der Waals surface area contributed by atoms with Crippen LogP contribution in [0.1, 0.15) is 34.2 Å². The number of benzene rings is 1. The number of carbonyl (C=O) groups excluding carboxylic acids is 1. The summed E-state index contributed by atoms with van der Waals surface area (Å²) in [6.07, 6.45) is 2.84. The van der Waals surface area contributed by atoms with Crippen molar-refractivity contribution in [2.24, 2.45) is 14.1 Å². The SMILES string of the molecule is COc1ccc2c(c1)c(C[C@H](C)NC(=O)c1cc(C)nc3c1c(C)nn3C)cn2C. The van der Waals surface area contributed by atoms with Crippen LogP contribution < -0.4 is 10.1 Å². The molecule has 3 aromatic heterocycles. The summed E-state index contributed by atoms with van der Waals surface area (Å²) in [5.41, 5.74) is 5.26. The van der Waals surface area contributed by atoms with Crippen molar-refractivity contribution in [3.05, 3.63) is 53.0 Å². The monoisotopic (exact) mass is 405 g/mol. The van der Waals surface area contributed by atoms with Gasteiger partial charge in [-0.15, -0.1) is 0 Å². The van der Waals surface area contributed by atoms with Crippen LogP contribution in [-0.2, 0) is 20.5 Å². The molecule has 0 fully saturated rings. The first kappa shape index (κ1) is 19.9. The highest BCUT2D eigenvalue weighted by Crippen LogP contribution is 2.27. The Hall–Kier alpha value is -3.35. The molecule has 0 spiro atoms. The van der Waals surface area contributed by atoms with E-state index in [0.29, 0.717) is 5.56 Å². The predicted molar refractivity (Wildman–Crippen MR) is 118 cm³/mol. The lowest BCUT2D eigenvalue weighted by Gasteiger charge is -2.15. The predicted octanol–water partition coefficient (Wildman–Crippen LogP) is 3.45. The number of fused-ring (bicyclic) bond motifs is 2. The molecule has 0 radical (unpaired) electrons. The third kappa shape index (κ3) is 3.40. The van der Waals surface area contributed by atoms with Gasteiger partial charge in [0.05, 0.1) is 23.8 Å². The number of carbonyl (C=O) groups is 1. The minimum Gasteiger partial charge on any atom is -0.497 e. The Balaban J connectivity index is 1.61. The van der Waals surface area contributed by atoms with Gasteiger partial charge in [-0.05, 0) is 57.0 Å². The van der Waals surface area contributed by atoms with Crippen molar-refractivity contribution in [1.82, 2.24) is 24.6 Å². The summed E-state index contributed by atoms with van der Waals surface area (Å²) < 4.78 is 9.21. The quantitative estimate of drug-likeness (QED) is 0.552. The molecule has 1 N–H and O–H groups in total. The fraction of sp³-hybridized carbons (Fsp3) is 0.348. The molecular formula is C23H27N5O2. The summed E-state index contributed by atoms with van der Waals surface area (Å²) in [7, 11) is 5.55. The molecule has 7 nitrogen and oxygen atoms in total. The molecule has 4 aromatic rings. The summed E-state index contributed by atoms with van der Waals surface area (Å²) >= 11 is 0. The van der Waals surface area contributed by atoms with Crippen LogP contribution in [0, 0.1) is 13.8 Å². The lowest BCUT2D eigenvalue weighted by molar-refractivity contribution is 0.0941. The summed E-state index contributed by atoms with van der Waals surface area (Å²) in [4.78, 5) is 17.7. The van der Waals surface area contributed by atoms with E-state index in [-0.39, 0.29) is 11.9 Å². The van der Waals surface area contributed by atoms with Crippen molar-refractivity contribution >= 4 is 27.8 Å². The molecule has 156 valence electrons. The zero-order valence-electron chi connectivity index (χ0n) is 18.3. The van der Waals surface area contributed by atoms with Gasteiger partial charge in [-0.25, -0.2) is 4.98 Å². The van der Waals surface area contributed by atoms with Crippen molar-refractivity contribution in [2.75, 3.05) is 7.11 Å². The van der Waals surface area contributed by atoms with Gasteiger partial charge in [-0.3, -0.25) is 9.48 Å². The third-order valence-corrected chi connectivity index (χ3v) is 5.52. The number of aromatic nitrogens is 4. The average molecular weight is 406 g/mol. The number of nitrogens with zero attached hydrogens (tertiary/aromatic N) is 4. The Morgan fingerprint density at radius 1 is 1.23 bits per heavy atom. The van der Waals surface area contributed by atoms with Gasteiger partial charge in [0.25, 0.3) is 5.91 Å². The molecule has 0 unspecified atom stereocenters. The fourth-order valence-electron chi connectivity index (χ4n) is 4.17. The molecule has 7 heteroatoms. The van der Waals surface area contributed by atoms with E-state index in [1.54, 1.807) is 11.8 Å². The van der Waals surface area contributed by atoms with E-state index in [9.17, 15) is 4.79 Å². The van der Waals surface area contributed by atoms with Gasteiger partial charge in [0, 0.05) is 42.9 Å². The first-order valence-corrected chi connectivity index (χ1v) is 10.0. The third-order valence-electron chi connectivity index (χ3n) is 5.52. The minimum atomic E-state index is -0.105. The van der Waals surface area contributed by atoms with E-state index < -0.39 is 0 Å².